The van der Waals surface area contributed by atoms with Crippen LogP contribution in [0.1, 0.15) is 39.0 Å². The van der Waals surface area contributed by atoms with Gasteiger partial charge in [-0.3, -0.25) is 0 Å². The summed E-state index contributed by atoms with van der Waals surface area (Å²) in [7, 11) is 0. The van der Waals surface area contributed by atoms with Crippen LogP contribution in [0.25, 0.3) is 0 Å². The fourth-order valence-corrected chi connectivity index (χ4v) is 0.912. The Bertz CT molecular complexity index is 130. The molecule has 0 heterocycles. The number of unbranched alkanes of at least 4 members (excludes halogenated alkanes) is 3. The van der Waals surface area contributed by atoms with Gasteiger partial charge in [0.25, 0.3) is 0 Å². The fraction of sp³-hybridized carbons (Fsp3) is 0.875. The molecule has 0 rings (SSSR count). The molecule has 0 spiro atoms. The summed E-state index contributed by atoms with van der Waals surface area (Å²) in [5.74, 6) is 0. The third-order valence-electron chi connectivity index (χ3n) is 1.57. The van der Waals surface area contributed by atoms with Crippen molar-refractivity contribution in [1.82, 2.24) is 0 Å². The molecule has 0 fully saturated rings. The molecule has 0 aliphatic carbocycles. The van der Waals surface area contributed by atoms with Gasteiger partial charge in [0.1, 0.15) is 6.17 Å². The van der Waals surface area contributed by atoms with Crippen LogP contribution in [0.15, 0.2) is 4.99 Å². The first-order chi connectivity index (χ1) is 5.31. The van der Waals surface area contributed by atoms with Crippen molar-refractivity contribution in [3.63, 3.8) is 0 Å². The molecule has 0 aromatic rings. The van der Waals surface area contributed by atoms with Crippen LogP contribution >= 0.6 is 0 Å². The number of isocyanates is 1. The van der Waals surface area contributed by atoms with Gasteiger partial charge in [-0.2, -0.15) is 4.99 Å². The Balaban J connectivity index is 3.17. The number of carbonyl (C=O) groups excluding carboxylic acids is 1. The quantitative estimate of drug-likeness (QED) is 0.360. The minimum atomic E-state index is -0.329. The van der Waals surface area contributed by atoms with Crippen molar-refractivity contribution in [3.05, 3.63) is 0 Å². The van der Waals surface area contributed by atoms with E-state index < -0.39 is 0 Å². The zero-order chi connectivity index (χ0) is 8.53. The van der Waals surface area contributed by atoms with Gasteiger partial charge in [-0.15, -0.1) is 0 Å². The van der Waals surface area contributed by atoms with Crippen LogP contribution in [0.3, 0.4) is 0 Å². The van der Waals surface area contributed by atoms with Gasteiger partial charge in [-0.05, 0) is 12.8 Å². The standard InChI is InChI=1S/C8H16N2O/c1-2-3-4-5-6-8(9)10-7-11/h8H,2-6,9H2,1H3. The van der Waals surface area contributed by atoms with E-state index >= 15 is 0 Å². The van der Waals surface area contributed by atoms with E-state index in [2.05, 4.69) is 11.9 Å². The topological polar surface area (TPSA) is 55.4 Å². The predicted molar refractivity (Wildman–Crippen MR) is 44.9 cm³/mol. The SMILES string of the molecule is CCCCCCC(N)N=C=O. The molecule has 0 aromatic carbocycles. The van der Waals surface area contributed by atoms with Crippen molar-refractivity contribution in [2.45, 2.75) is 45.2 Å². The highest BCUT2D eigenvalue weighted by molar-refractivity contribution is 5.33. The lowest BCUT2D eigenvalue weighted by Gasteiger charge is -2.02. The van der Waals surface area contributed by atoms with Crippen LogP contribution in [-0.2, 0) is 4.79 Å². The Morgan fingerprint density at radius 2 is 2.18 bits per heavy atom. The van der Waals surface area contributed by atoms with Gasteiger partial charge in [-0.1, -0.05) is 26.2 Å². The minimum Gasteiger partial charge on any atom is -0.309 e. The lowest BCUT2D eigenvalue weighted by atomic mass is 10.1. The molecule has 0 aromatic heterocycles. The Morgan fingerprint density at radius 1 is 1.45 bits per heavy atom. The summed E-state index contributed by atoms with van der Waals surface area (Å²) < 4.78 is 0. The largest absolute Gasteiger partial charge is 0.309 e. The highest BCUT2D eigenvalue weighted by Crippen LogP contribution is 2.04. The van der Waals surface area contributed by atoms with E-state index in [1.807, 2.05) is 0 Å². The monoisotopic (exact) mass is 156 g/mol. The van der Waals surface area contributed by atoms with E-state index in [1.54, 1.807) is 0 Å². The fourth-order valence-electron chi connectivity index (χ4n) is 0.912. The highest BCUT2D eigenvalue weighted by Gasteiger charge is 1.97. The Morgan fingerprint density at radius 3 is 2.73 bits per heavy atom. The molecule has 0 aliphatic heterocycles. The van der Waals surface area contributed by atoms with Crippen LogP contribution < -0.4 is 5.73 Å². The van der Waals surface area contributed by atoms with E-state index in [1.165, 1.54) is 25.3 Å². The molecule has 0 bridgehead atoms. The molecule has 0 aliphatic rings. The number of nitrogens with two attached hydrogens (primary N) is 1. The number of hydrogen-bond acceptors (Lipinski definition) is 3. The molecule has 0 saturated heterocycles. The summed E-state index contributed by atoms with van der Waals surface area (Å²) in [6, 6.07) is 0. The van der Waals surface area contributed by atoms with Gasteiger partial charge in [0.15, 0.2) is 0 Å². The van der Waals surface area contributed by atoms with Crippen LogP contribution in [0.2, 0.25) is 0 Å². The van der Waals surface area contributed by atoms with Crippen LogP contribution in [0, 0.1) is 0 Å². The van der Waals surface area contributed by atoms with Crippen molar-refractivity contribution >= 4 is 6.08 Å². The Labute approximate surface area is 67.7 Å². The van der Waals surface area contributed by atoms with E-state index in [0.29, 0.717) is 0 Å². The zero-order valence-corrected chi connectivity index (χ0v) is 7.05. The third-order valence-corrected chi connectivity index (χ3v) is 1.57. The first-order valence-corrected chi connectivity index (χ1v) is 4.13. The normalized spacial score (nSPS) is 12.2. The van der Waals surface area contributed by atoms with Gasteiger partial charge in [0, 0.05) is 0 Å². The smallest absolute Gasteiger partial charge is 0.236 e. The Kier molecular flexibility index (Phi) is 7.00. The molecule has 3 nitrogen and oxygen atoms in total. The van der Waals surface area contributed by atoms with E-state index in [9.17, 15) is 4.79 Å². The lowest BCUT2D eigenvalue weighted by molar-refractivity contribution is 0.537. The molecule has 11 heavy (non-hydrogen) atoms. The molecule has 64 valence electrons. The minimum absolute atomic E-state index is 0.329. The number of aliphatic imine (C=N–C) groups is 1. The molecule has 0 saturated carbocycles. The van der Waals surface area contributed by atoms with Crippen molar-refractivity contribution in [2.75, 3.05) is 0 Å². The molecule has 0 radical (unpaired) electrons. The molecular formula is C8H16N2O. The van der Waals surface area contributed by atoms with Crippen LogP contribution in [0.4, 0.5) is 0 Å². The lowest BCUT2D eigenvalue weighted by Crippen LogP contribution is -2.16. The average molecular weight is 156 g/mol. The Hall–Kier alpha value is -0.660. The maximum absolute atomic E-state index is 9.73. The van der Waals surface area contributed by atoms with Gasteiger partial charge < -0.3 is 5.73 Å². The second kappa shape index (κ2) is 7.45. The van der Waals surface area contributed by atoms with Gasteiger partial charge >= 0.3 is 0 Å². The van der Waals surface area contributed by atoms with Crippen LogP contribution in [0.5, 0.6) is 0 Å². The van der Waals surface area contributed by atoms with Crippen LogP contribution in [-0.4, -0.2) is 12.2 Å². The molecule has 1 atom stereocenters. The summed E-state index contributed by atoms with van der Waals surface area (Å²) in [6.07, 6.45) is 6.61. The number of hydrogen-bond donors (Lipinski definition) is 1. The summed E-state index contributed by atoms with van der Waals surface area (Å²) in [6.45, 7) is 2.16. The summed E-state index contributed by atoms with van der Waals surface area (Å²) in [5, 5.41) is 0. The van der Waals surface area contributed by atoms with Crippen molar-refractivity contribution in [2.24, 2.45) is 10.7 Å². The summed E-state index contributed by atoms with van der Waals surface area (Å²) >= 11 is 0. The predicted octanol–water partition coefficient (Wildman–Crippen LogP) is 1.58. The first-order valence-electron chi connectivity index (χ1n) is 4.13. The maximum Gasteiger partial charge on any atom is 0.236 e. The van der Waals surface area contributed by atoms with Gasteiger partial charge in [0.2, 0.25) is 6.08 Å². The molecule has 0 amide bonds. The second-order valence-corrected chi connectivity index (χ2v) is 2.64. The molecule has 3 heteroatoms. The van der Waals surface area contributed by atoms with E-state index in [-0.39, 0.29) is 6.17 Å². The van der Waals surface area contributed by atoms with Crippen molar-refractivity contribution < 1.29 is 4.79 Å². The van der Waals surface area contributed by atoms with Crippen molar-refractivity contribution in [3.8, 4) is 0 Å². The number of nitrogens with zero attached hydrogens (tertiary/aromatic N) is 1. The third kappa shape index (κ3) is 7.23. The molecule has 1 unspecified atom stereocenters. The highest BCUT2D eigenvalue weighted by atomic mass is 16.1. The second-order valence-electron chi connectivity index (χ2n) is 2.64. The number of rotatable bonds is 6. The summed E-state index contributed by atoms with van der Waals surface area (Å²) in [5.41, 5.74) is 5.44. The average Bonchev–Trinajstić information content (AvgIpc) is 1.99. The van der Waals surface area contributed by atoms with E-state index in [0.717, 1.165) is 12.8 Å². The van der Waals surface area contributed by atoms with E-state index in [4.69, 9.17) is 5.73 Å². The van der Waals surface area contributed by atoms with Gasteiger partial charge in [-0.25, -0.2) is 4.79 Å². The first kappa shape index (κ1) is 10.3. The maximum atomic E-state index is 9.73. The summed E-state index contributed by atoms with van der Waals surface area (Å²) in [4.78, 5) is 13.1. The molecular weight excluding hydrogens is 140 g/mol. The zero-order valence-electron chi connectivity index (χ0n) is 7.05. The van der Waals surface area contributed by atoms with Gasteiger partial charge in [0.05, 0.1) is 0 Å². The molecule has 2 N–H and O–H groups in total. The van der Waals surface area contributed by atoms with Crippen molar-refractivity contribution in [1.29, 1.82) is 0 Å².